The SMILES string of the molecule is CCCCCC(OC(=O)CCC(N)C(=O)O)C(O)CCCCCCCCCCC(=O)OC. The molecule has 32 heavy (non-hydrogen) atoms. The molecule has 0 aromatic carbocycles. The van der Waals surface area contributed by atoms with Gasteiger partial charge in [-0.3, -0.25) is 14.4 Å². The highest BCUT2D eigenvalue weighted by Crippen LogP contribution is 2.18. The third-order valence-electron chi connectivity index (χ3n) is 5.64. The number of ether oxygens (including phenoxy) is 2. The fraction of sp³-hybridized carbons (Fsp3) is 0.875. The number of esters is 2. The third-order valence-corrected chi connectivity index (χ3v) is 5.64. The fourth-order valence-corrected chi connectivity index (χ4v) is 3.52. The van der Waals surface area contributed by atoms with Crippen molar-refractivity contribution in [1.82, 2.24) is 0 Å². The molecule has 0 bridgehead atoms. The first-order chi connectivity index (χ1) is 15.3. The van der Waals surface area contributed by atoms with E-state index in [1.54, 1.807) is 0 Å². The normalized spacial score (nSPS) is 13.9. The number of unbranched alkanes of at least 4 members (excludes halogenated alkanes) is 9. The first-order valence-electron chi connectivity index (χ1n) is 12.2. The van der Waals surface area contributed by atoms with Crippen LogP contribution in [0.1, 0.15) is 110 Å². The molecule has 0 saturated carbocycles. The van der Waals surface area contributed by atoms with Gasteiger partial charge in [0, 0.05) is 12.8 Å². The van der Waals surface area contributed by atoms with Crippen LogP contribution in [0.25, 0.3) is 0 Å². The van der Waals surface area contributed by atoms with E-state index in [0.29, 0.717) is 19.3 Å². The molecular formula is C24H45NO7. The lowest BCUT2D eigenvalue weighted by Gasteiger charge is -2.23. The number of carbonyl (C=O) groups excluding carboxylic acids is 2. The van der Waals surface area contributed by atoms with Gasteiger partial charge in [-0.05, 0) is 32.1 Å². The van der Waals surface area contributed by atoms with Crippen molar-refractivity contribution in [3.8, 4) is 0 Å². The summed E-state index contributed by atoms with van der Waals surface area (Å²) in [5.74, 6) is -1.79. The van der Waals surface area contributed by atoms with Crippen molar-refractivity contribution in [2.24, 2.45) is 5.73 Å². The Morgan fingerprint density at radius 1 is 0.781 bits per heavy atom. The topological polar surface area (TPSA) is 136 Å². The molecule has 0 aliphatic heterocycles. The number of carboxylic acid groups (broad SMARTS) is 1. The second kappa shape index (κ2) is 20.0. The Hall–Kier alpha value is -1.67. The van der Waals surface area contributed by atoms with Crippen molar-refractivity contribution in [2.75, 3.05) is 7.11 Å². The van der Waals surface area contributed by atoms with E-state index in [-0.39, 0.29) is 18.8 Å². The first-order valence-corrected chi connectivity index (χ1v) is 12.2. The predicted molar refractivity (Wildman–Crippen MR) is 123 cm³/mol. The van der Waals surface area contributed by atoms with Gasteiger partial charge in [0.25, 0.3) is 0 Å². The van der Waals surface area contributed by atoms with Crippen molar-refractivity contribution in [3.05, 3.63) is 0 Å². The van der Waals surface area contributed by atoms with E-state index in [0.717, 1.165) is 70.6 Å². The molecule has 4 N–H and O–H groups in total. The molecule has 0 rings (SSSR count). The molecular weight excluding hydrogens is 414 g/mol. The second-order valence-corrected chi connectivity index (χ2v) is 8.52. The minimum absolute atomic E-state index is 0.0225. The van der Waals surface area contributed by atoms with Gasteiger partial charge in [-0.25, -0.2) is 0 Å². The number of nitrogens with two attached hydrogens (primary N) is 1. The Morgan fingerprint density at radius 3 is 1.91 bits per heavy atom. The molecule has 188 valence electrons. The minimum atomic E-state index is -1.14. The number of carboxylic acids is 1. The highest BCUT2D eigenvalue weighted by Gasteiger charge is 2.23. The molecule has 0 aliphatic rings. The quantitative estimate of drug-likeness (QED) is 0.172. The average Bonchev–Trinajstić information content (AvgIpc) is 2.77. The highest BCUT2D eigenvalue weighted by molar-refractivity contribution is 5.75. The Kier molecular flexibility index (Phi) is 18.9. The van der Waals surface area contributed by atoms with Crippen LogP contribution >= 0.6 is 0 Å². The third kappa shape index (κ3) is 17.0. The van der Waals surface area contributed by atoms with Crippen LogP contribution in [0.5, 0.6) is 0 Å². The summed E-state index contributed by atoms with van der Waals surface area (Å²) >= 11 is 0. The zero-order chi connectivity index (χ0) is 24.2. The molecule has 0 heterocycles. The van der Waals surface area contributed by atoms with Gasteiger partial charge in [-0.15, -0.1) is 0 Å². The standard InChI is InChI=1S/C24H45NO7/c1-3-4-11-15-21(32-23(28)18-17-19(25)24(29)30)20(26)14-12-9-7-5-6-8-10-13-16-22(27)31-2/h19-21,26H,3-18,25H2,1-2H3,(H,29,30). The molecule has 0 fully saturated rings. The predicted octanol–water partition coefficient (Wildman–Crippen LogP) is 4.11. The van der Waals surface area contributed by atoms with Crippen molar-refractivity contribution >= 4 is 17.9 Å². The van der Waals surface area contributed by atoms with Crippen LogP contribution in [0.4, 0.5) is 0 Å². The summed E-state index contributed by atoms with van der Waals surface area (Å²) in [6, 6.07) is -1.08. The zero-order valence-electron chi connectivity index (χ0n) is 20.1. The van der Waals surface area contributed by atoms with Gasteiger partial charge >= 0.3 is 17.9 Å². The molecule has 0 radical (unpaired) electrons. The largest absolute Gasteiger partial charge is 0.480 e. The van der Waals surface area contributed by atoms with Crippen molar-refractivity contribution in [1.29, 1.82) is 0 Å². The van der Waals surface area contributed by atoms with Crippen LogP contribution in [0.3, 0.4) is 0 Å². The van der Waals surface area contributed by atoms with Gasteiger partial charge < -0.3 is 25.4 Å². The fourth-order valence-electron chi connectivity index (χ4n) is 3.52. The van der Waals surface area contributed by atoms with E-state index in [9.17, 15) is 19.5 Å². The molecule has 3 atom stereocenters. The average molecular weight is 460 g/mol. The first kappa shape index (κ1) is 30.3. The molecule has 0 amide bonds. The lowest BCUT2D eigenvalue weighted by Crippen LogP contribution is -2.33. The molecule has 0 aromatic rings. The Morgan fingerprint density at radius 2 is 1.34 bits per heavy atom. The number of hydrogen-bond donors (Lipinski definition) is 3. The molecule has 8 nitrogen and oxygen atoms in total. The molecule has 0 aliphatic carbocycles. The van der Waals surface area contributed by atoms with Gasteiger partial charge in [-0.1, -0.05) is 64.7 Å². The van der Waals surface area contributed by atoms with Gasteiger partial charge in [0.2, 0.25) is 0 Å². The number of aliphatic hydroxyl groups is 1. The van der Waals surface area contributed by atoms with Crippen LogP contribution in [-0.4, -0.2) is 53.5 Å². The van der Waals surface area contributed by atoms with Gasteiger partial charge in [0.15, 0.2) is 0 Å². The number of methoxy groups -OCH3 is 1. The molecule has 8 heteroatoms. The number of aliphatic carboxylic acids is 1. The molecule has 0 spiro atoms. The second-order valence-electron chi connectivity index (χ2n) is 8.52. The van der Waals surface area contributed by atoms with Crippen LogP contribution in [0, 0.1) is 0 Å². The highest BCUT2D eigenvalue weighted by atomic mass is 16.6. The van der Waals surface area contributed by atoms with Crippen molar-refractivity contribution in [3.63, 3.8) is 0 Å². The summed E-state index contributed by atoms with van der Waals surface area (Å²) in [5.41, 5.74) is 5.44. The summed E-state index contributed by atoms with van der Waals surface area (Å²) in [5, 5.41) is 19.4. The van der Waals surface area contributed by atoms with E-state index in [2.05, 4.69) is 11.7 Å². The van der Waals surface area contributed by atoms with E-state index in [1.807, 2.05) is 0 Å². The number of rotatable bonds is 21. The van der Waals surface area contributed by atoms with Gasteiger partial charge in [-0.2, -0.15) is 0 Å². The minimum Gasteiger partial charge on any atom is -0.480 e. The van der Waals surface area contributed by atoms with E-state index >= 15 is 0 Å². The summed E-state index contributed by atoms with van der Waals surface area (Å²) in [6.07, 6.45) is 11.6. The maximum Gasteiger partial charge on any atom is 0.320 e. The van der Waals surface area contributed by atoms with Crippen molar-refractivity contribution in [2.45, 2.75) is 128 Å². The van der Waals surface area contributed by atoms with Crippen molar-refractivity contribution < 1.29 is 34.1 Å². The van der Waals surface area contributed by atoms with Crippen LogP contribution in [0.15, 0.2) is 0 Å². The lowest BCUT2D eigenvalue weighted by atomic mass is 9.99. The lowest BCUT2D eigenvalue weighted by molar-refractivity contribution is -0.156. The molecule has 0 aromatic heterocycles. The Bertz CT molecular complexity index is 513. The summed E-state index contributed by atoms with van der Waals surface area (Å²) in [4.78, 5) is 33.9. The molecule has 0 saturated heterocycles. The maximum absolute atomic E-state index is 12.1. The van der Waals surface area contributed by atoms with E-state index < -0.39 is 30.2 Å². The molecule has 3 unspecified atom stereocenters. The van der Waals surface area contributed by atoms with Crippen LogP contribution < -0.4 is 5.73 Å². The summed E-state index contributed by atoms with van der Waals surface area (Å²) < 4.78 is 10.1. The number of hydrogen-bond acceptors (Lipinski definition) is 7. The van der Waals surface area contributed by atoms with Gasteiger partial charge in [0.1, 0.15) is 12.1 Å². The number of aliphatic hydroxyl groups excluding tert-OH is 1. The summed E-state index contributed by atoms with van der Waals surface area (Å²) in [7, 11) is 1.41. The van der Waals surface area contributed by atoms with E-state index in [4.69, 9.17) is 15.6 Å². The monoisotopic (exact) mass is 459 g/mol. The zero-order valence-corrected chi connectivity index (χ0v) is 20.1. The van der Waals surface area contributed by atoms with Crippen LogP contribution in [0.2, 0.25) is 0 Å². The number of carbonyl (C=O) groups is 3. The maximum atomic E-state index is 12.1. The van der Waals surface area contributed by atoms with Gasteiger partial charge in [0.05, 0.1) is 13.2 Å². The van der Waals surface area contributed by atoms with Crippen LogP contribution in [-0.2, 0) is 23.9 Å². The Balaban J connectivity index is 4.08. The smallest absolute Gasteiger partial charge is 0.320 e. The Labute approximate surface area is 193 Å². The summed E-state index contributed by atoms with van der Waals surface area (Å²) in [6.45, 7) is 2.09. The van der Waals surface area contributed by atoms with E-state index in [1.165, 1.54) is 7.11 Å².